The van der Waals surface area contributed by atoms with Crippen molar-refractivity contribution in [2.75, 3.05) is 7.05 Å². The summed E-state index contributed by atoms with van der Waals surface area (Å²) in [7, 11) is 2.06. The average Bonchev–Trinajstić information content (AvgIpc) is 2.47. The number of amidine groups is 1. The SMILES string of the molecule is Cc1cccc(CN(C)Cc2ccc(/C(N)=N/O)cc2)n1. The van der Waals surface area contributed by atoms with Crippen LogP contribution in [0.4, 0.5) is 0 Å². The molecule has 1 aromatic heterocycles. The second-order valence-corrected chi connectivity index (χ2v) is 5.12. The van der Waals surface area contributed by atoms with Crippen LogP contribution >= 0.6 is 0 Å². The Kier molecular flexibility index (Phi) is 4.90. The van der Waals surface area contributed by atoms with Gasteiger partial charge in [-0.3, -0.25) is 9.88 Å². The van der Waals surface area contributed by atoms with Gasteiger partial charge in [0.05, 0.1) is 5.69 Å². The maximum Gasteiger partial charge on any atom is 0.170 e. The van der Waals surface area contributed by atoms with Crippen LogP contribution in [0.1, 0.15) is 22.5 Å². The molecule has 3 N–H and O–H groups in total. The molecule has 0 aliphatic rings. The van der Waals surface area contributed by atoms with Crippen LogP contribution in [-0.4, -0.2) is 28.0 Å². The lowest BCUT2D eigenvalue weighted by molar-refractivity contribution is 0.315. The lowest BCUT2D eigenvalue weighted by Crippen LogP contribution is -2.18. The molecule has 1 aromatic carbocycles. The van der Waals surface area contributed by atoms with Gasteiger partial charge in [-0.1, -0.05) is 35.5 Å². The minimum absolute atomic E-state index is 0.124. The first-order valence-electron chi connectivity index (χ1n) is 6.76. The first kappa shape index (κ1) is 15.0. The molecule has 0 radical (unpaired) electrons. The summed E-state index contributed by atoms with van der Waals surface area (Å²) in [4.78, 5) is 6.70. The summed E-state index contributed by atoms with van der Waals surface area (Å²) < 4.78 is 0. The lowest BCUT2D eigenvalue weighted by Gasteiger charge is -2.16. The van der Waals surface area contributed by atoms with E-state index >= 15 is 0 Å². The summed E-state index contributed by atoms with van der Waals surface area (Å²) in [5.41, 5.74) is 9.51. The standard InChI is InChI=1S/C16H20N4O/c1-12-4-3-5-15(18-12)11-20(2)10-13-6-8-14(9-7-13)16(17)19-21/h3-9,21H,10-11H2,1-2H3,(H2,17,19). The highest BCUT2D eigenvalue weighted by Gasteiger charge is 2.04. The van der Waals surface area contributed by atoms with Gasteiger partial charge in [0.2, 0.25) is 0 Å². The first-order valence-corrected chi connectivity index (χ1v) is 6.76. The van der Waals surface area contributed by atoms with Crippen molar-refractivity contribution in [3.8, 4) is 0 Å². The van der Waals surface area contributed by atoms with Crippen molar-refractivity contribution < 1.29 is 5.21 Å². The van der Waals surface area contributed by atoms with Gasteiger partial charge in [-0.2, -0.15) is 0 Å². The van der Waals surface area contributed by atoms with Crippen molar-refractivity contribution in [1.29, 1.82) is 0 Å². The number of oxime groups is 1. The summed E-state index contributed by atoms with van der Waals surface area (Å²) in [6, 6.07) is 13.7. The van der Waals surface area contributed by atoms with E-state index in [-0.39, 0.29) is 5.84 Å². The third kappa shape index (κ3) is 4.29. The van der Waals surface area contributed by atoms with Crippen LogP contribution in [-0.2, 0) is 13.1 Å². The van der Waals surface area contributed by atoms with Gasteiger partial charge >= 0.3 is 0 Å². The van der Waals surface area contributed by atoms with Gasteiger partial charge < -0.3 is 10.9 Å². The molecule has 0 unspecified atom stereocenters. The Morgan fingerprint density at radius 1 is 1.19 bits per heavy atom. The van der Waals surface area contributed by atoms with E-state index in [9.17, 15) is 0 Å². The smallest absolute Gasteiger partial charge is 0.170 e. The zero-order valence-electron chi connectivity index (χ0n) is 12.3. The van der Waals surface area contributed by atoms with Crippen LogP contribution in [0.25, 0.3) is 0 Å². The van der Waals surface area contributed by atoms with Crippen LogP contribution in [0.2, 0.25) is 0 Å². The molecule has 0 fully saturated rings. The van der Waals surface area contributed by atoms with Crippen LogP contribution < -0.4 is 5.73 Å². The van der Waals surface area contributed by atoms with Crippen molar-refractivity contribution >= 4 is 5.84 Å². The Hall–Kier alpha value is -2.40. The molecule has 0 aliphatic carbocycles. The Morgan fingerprint density at radius 3 is 2.52 bits per heavy atom. The van der Waals surface area contributed by atoms with Crippen molar-refractivity contribution in [3.05, 3.63) is 65.0 Å². The van der Waals surface area contributed by atoms with Crippen molar-refractivity contribution in [2.24, 2.45) is 10.9 Å². The predicted molar refractivity (Wildman–Crippen MR) is 83.1 cm³/mol. The molecule has 0 atom stereocenters. The molecule has 5 heteroatoms. The molecule has 1 heterocycles. The van der Waals surface area contributed by atoms with E-state index < -0.39 is 0 Å². The summed E-state index contributed by atoms with van der Waals surface area (Å²) in [6.45, 7) is 3.60. The summed E-state index contributed by atoms with van der Waals surface area (Å²) in [6.07, 6.45) is 0. The van der Waals surface area contributed by atoms with Gasteiger partial charge in [-0.15, -0.1) is 0 Å². The number of aromatic nitrogens is 1. The fraction of sp³-hybridized carbons (Fsp3) is 0.250. The van der Waals surface area contributed by atoms with Crippen LogP contribution in [0.15, 0.2) is 47.6 Å². The van der Waals surface area contributed by atoms with Gasteiger partial charge in [-0.05, 0) is 31.7 Å². The Bertz CT molecular complexity index is 622. The third-order valence-corrected chi connectivity index (χ3v) is 3.19. The molecule has 0 saturated heterocycles. The second-order valence-electron chi connectivity index (χ2n) is 5.12. The summed E-state index contributed by atoms with van der Waals surface area (Å²) in [5.74, 6) is 0.124. The lowest BCUT2D eigenvalue weighted by atomic mass is 10.1. The van der Waals surface area contributed by atoms with E-state index in [1.165, 1.54) is 5.56 Å². The quantitative estimate of drug-likeness (QED) is 0.382. The highest BCUT2D eigenvalue weighted by Crippen LogP contribution is 2.09. The number of nitrogens with zero attached hydrogens (tertiary/aromatic N) is 3. The molecule has 2 aromatic rings. The molecule has 2 rings (SSSR count). The van der Waals surface area contributed by atoms with Gasteiger partial charge in [0.15, 0.2) is 5.84 Å². The number of hydrogen-bond acceptors (Lipinski definition) is 4. The Labute approximate surface area is 124 Å². The van der Waals surface area contributed by atoms with Gasteiger partial charge in [-0.25, -0.2) is 0 Å². The monoisotopic (exact) mass is 284 g/mol. The fourth-order valence-electron chi connectivity index (χ4n) is 2.17. The predicted octanol–water partition coefficient (Wildman–Crippen LogP) is 2.12. The Balaban J connectivity index is 1.98. The molecule has 0 spiro atoms. The number of pyridine rings is 1. The third-order valence-electron chi connectivity index (χ3n) is 3.19. The van der Waals surface area contributed by atoms with Crippen molar-refractivity contribution in [1.82, 2.24) is 9.88 Å². The van der Waals surface area contributed by atoms with Crippen LogP contribution in [0.5, 0.6) is 0 Å². The number of benzene rings is 1. The number of aryl methyl sites for hydroxylation is 1. The largest absolute Gasteiger partial charge is 0.409 e. The van der Waals surface area contributed by atoms with Crippen molar-refractivity contribution in [2.45, 2.75) is 20.0 Å². The minimum Gasteiger partial charge on any atom is -0.409 e. The molecular weight excluding hydrogens is 264 g/mol. The molecular formula is C16H20N4O. The van der Waals surface area contributed by atoms with Crippen LogP contribution in [0.3, 0.4) is 0 Å². The maximum atomic E-state index is 8.64. The summed E-state index contributed by atoms with van der Waals surface area (Å²) >= 11 is 0. The molecule has 110 valence electrons. The highest BCUT2D eigenvalue weighted by molar-refractivity contribution is 5.96. The fourth-order valence-corrected chi connectivity index (χ4v) is 2.17. The second kappa shape index (κ2) is 6.85. The molecule has 0 bridgehead atoms. The summed E-state index contributed by atoms with van der Waals surface area (Å²) in [5, 5.41) is 11.6. The average molecular weight is 284 g/mol. The van der Waals surface area contributed by atoms with E-state index in [1.807, 2.05) is 49.4 Å². The minimum atomic E-state index is 0.124. The molecule has 21 heavy (non-hydrogen) atoms. The molecule has 0 aliphatic heterocycles. The van der Waals surface area contributed by atoms with E-state index in [1.54, 1.807) is 0 Å². The Morgan fingerprint density at radius 2 is 1.90 bits per heavy atom. The zero-order valence-corrected chi connectivity index (χ0v) is 12.3. The van der Waals surface area contributed by atoms with E-state index in [0.29, 0.717) is 5.56 Å². The topological polar surface area (TPSA) is 74.7 Å². The number of nitrogens with two attached hydrogens (primary N) is 1. The van der Waals surface area contributed by atoms with Crippen molar-refractivity contribution in [3.63, 3.8) is 0 Å². The molecule has 0 amide bonds. The van der Waals surface area contributed by atoms with Gasteiger partial charge in [0, 0.05) is 24.3 Å². The highest BCUT2D eigenvalue weighted by atomic mass is 16.4. The number of hydrogen-bond donors (Lipinski definition) is 2. The normalized spacial score (nSPS) is 11.9. The van der Waals surface area contributed by atoms with E-state index in [4.69, 9.17) is 10.9 Å². The van der Waals surface area contributed by atoms with Gasteiger partial charge in [0.1, 0.15) is 0 Å². The molecule has 5 nitrogen and oxygen atoms in total. The van der Waals surface area contributed by atoms with E-state index in [2.05, 4.69) is 22.1 Å². The van der Waals surface area contributed by atoms with Crippen LogP contribution in [0, 0.1) is 6.92 Å². The zero-order chi connectivity index (χ0) is 15.2. The van der Waals surface area contributed by atoms with Gasteiger partial charge in [0.25, 0.3) is 0 Å². The number of rotatable bonds is 5. The van der Waals surface area contributed by atoms with E-state index in [0.717, 1.165) is 24.5 Å². The molecule has 0 saturated carbocycles. The first-order chi connectivity index (χ1) is 10.1. The maximum absolute atomic E-state index is 8.64.